The lowest BCUT2D eigenvalue weighted by Gasteiger charge is -2.25. The minimum atomic E-state index is -0.890. The first-order chi connectivity index (χ1) is 7.92. The van der Waals surface area contributed by atoms with Gasteiger partial charge in [-0.25, -0.2) is 4.39 Å². The quantitative estimate of drug-likeness (QED) is 0.847. The summed E-state index contributed by atoms with van der Waals surface area (Å²) in [5.74, 6) is -0.641. The Balaban J connectivity index is 2.91. The summed E-state index contributed by atoms with van der Waals surface area (Å²) in [6.07, 6.45) is 1.09. The Morgan fingerprint density at radius 3 is 2.53 bits per heavy atom. The van der Waals surface area contributed by atoms with E-state index in [1.54, 1.807) is 6.07 Å². The number of nitrogens with two attached hydrogens (primary N) is 1. The summed E-state index contributed by atoms with van der Waals surface area (Å²) < 4.78 is 13.1. The number of amides is 1. The monoisotopic (exact) mass is 238 g/mol. The van der Waals surface area contributed by atoms with Crippen LogP contribution in [0.1, 0.15) is 32.3 Å². The van der Waals surface area contributed by atoms with Crippen LogP contribution in [0, 0.1) is 12.7 Å². The van der Waals surface area contributed by atoms with Crippen molar-refractivity contribution in [3.05, 3.63) is 29.6 Å². The number of carbonyl (C=O) groups is 1. The first-order valence-electron chi connectivity index (χ1n) is 5.79. The van der Waals surface area contributed by atoms with Crippen molar-refractivity contribution in [3.8, 4) is 0 Å². The molecule has 0 aliphatic carbocycles. The first kappa shape index (κ1) is 13.6. The number of carbonyl (C=O) groups excluding carboxylic acids is 1. The van der Waals surface area contributed by atoms with Gasteiger partial charge in [0.1, 0.15) is 5.82 Å². The third kappa shape index (κ3) is 3.03. The van der Waals surface area contributed by atoms with Crippen molar-refractivity contribution in [2.24, 2.45) is 5.73 Å². The van der Waals surface area contributed by atoms with E-state index in [1.165, 1.54) is 12.1 Å². The Bertz CT molecular complexity index is 414. The highest BCUT2D eigenvalue weighted by Crippen LogP contribution is 2.19. The van der Waals surface area contributed by atoms with E-state index in [0.717, 1.165) is 5.56 Å². The van der Waals surface area contributed by atoms with Crippen LogP contribution >= 0.6 is 0 Å². The fourth-order valence-electron chi connectivity index (χ4n) is 1.55. The summed E-state index contributed by atoms with van der Waals surface area (Å²) in [6, 6.07) is 4.29. The third-order valence-electron chi connectivity index (χ3n) is 3.16. The molecule has 17 heavy (non-hydrogen) atoms. The first-order valence-corrected chi connectivity index (χ1v) is 5.79. The van der Waals surface area contributed by atoms with Crippen molar-refractivity contribution in [2.75, 3.05) is 5.32 Å². The molecule has 0 unspecified atom stereocenters. The number of rotatable bonds is 4. The molecule has 0 spiro atoms. The Kier molecular flexibility index (Phi) is 4.23. The Hall–Kier alpha value is -1.42. The van der Waals surface area contributed by atoms with E-state index in [9.17, 15) is 9.18 Å². The molecule has 0 fully saturated rings. The normalized spacial score (nSPS) is 11.4. The number of halogens is 1. The highest BCUT2D eigenvalue weighted by molar-refractivity contribution is 5.98. The summed E-state index contributed by atoms with van der Waals surface area (Å²) in [6.45, 7) is 5.54. The zero-order valence-electron chi connectivity index (χ0n) is 10.5. The Labute approximate surface area is 101 Å². The molecular weight excluding hydrogens is 219 g/mol. The van der Waals surface area contributed by atoms with E-state index in [2.05, 4.69) is 5.32 Å². The summed E-state index contributed by atoms with van der Waals surface area (Å²) >= 11 is 0. The van der Waals surface area contributed by atoms with E-state index in [0.29, 0.717) is 18.5 Å². The van der Waals surface area contributed by atoms with E-state index in [1.807, 2.05) is 20.8 Å². The van der Waals surface area contributed by atoms with Crippen LogP contribution in [0.2, 0.25) is 0 Å². The second-order valence-corrected chi connectivity index (χ2v) is 4.28. The fraction of sp³-hybridized carbons (Fsp3) is 0.462. The molecule has 0 aliphatic heterocycles. The van der Waals surface area contributed by atoms with Gasteiger partial charge >= 0.3 is 0 Å². The topological polar surface area (TPSA) is 55.1 Å². The van der Waals surface area contributed by atoms with E-state index in [-0.39, 0.29) is 11.7 Å². The summed E-state index contributed by atoms with van der Waals surface area (Å²) in [5, 5.41) is 2.69. The van der Waals surface area contributed by atoms with Crippen LogP contribution in [0.5, 0.6) is 0 Å². The summed E-state index contributed by atoms with van der Waals surface area (Å²) in [5.41, 5.74) is 6.37. The van der Waals surface area contributed by atoms with Crippen LogP contribution in [-0.2, 0) is 4.79 Å². The van der Waals surface area contributed by atoms with Crippen molar-refractivity contribution in [1.29, 1.82) is 0 Å². The SMILES string of the molecule is CCC(N)(CC)C(=O)Nc1cc(F)ccc1C. The average Bonchev–Trinajstić information content (AvgIpc) is 2.32. The van der Waals surface area contributed by atoms with Crippen LogP contribution in [0.4, 0.5) is 10.1 Å². The molecule has 0 saturated heterocycles. The smallest absolute Gasteiger partial charge is 0.244 e. The van der Waals surface area contributed by atoms with Crippen LogP contribution in [0.25, 0.3) is 0 Å². The van der Waals surface area contributed by atoms with Crippen LogP contribution in [0.15, 0.2) is 18.2 Å². The molecule has 0 aliphatic rings. The average molecular weight is 238 g/mol. The molecule has 1 aromatic carbocycles. The van der Waals surface area contributed by atoms with Crippen LogP contribution in [0.3, 0.4) is 0 Å². The highest BCUT2D eigenvalue weighted by Gasteiger charge is 2.30. The van der Waals surface area contributed by atoms with Crippen molar-refractivity contribution in [1.82, 2.24) is 0 Å². The predicted octanol–water partition coefficient (Wildman–Crippen LogP) is 2.59. The minimum Gasteiger partial charge on any atom is -0.324 e. The zero-order chi connectivity index (χ0) is 13.1. The Morgan fingerprint density at radius 1 is 1.41 bits per heavy atom. The molecule has 3 N–H and O–H groups in total. The van der Waals surface area contributed by atoms with Gasteiger partial charge in [0.05, 0.1) is 5.54 Å². The zero-order valence-corrected chi connectivity index (χ0v) is 10.5. The van der Waals surface area contributed by atoms with Crippen LogP contribution < -0.4 is 11.1 Å². The fourth-order valence-corrected chi connectivity index (χ4v) is 1.55. The highest BCUT2D eigenvalue weighted by atomic mass is 19.1. The van der Waals surface area contributed by atoms with E-state index < -0.39 is 5.54 Å². The number of hydrogen-bond donors (Lipinski definition) is 2. The molecule has 0 aromatic heterocycles. The standard InChI is InChI=1S/C13H19FN2O/c1-4-13(15,5-2)12(17)16-11-8-10(14)7-6-9(11)3/h6-8H,4-5,15H2,1-3H3,(H,16,17). The summed E-state index contributed by atoms with van der Waals surface area (Å²) in [7, 11) is 0. The molecule has 4 heteroatoms. The van der Waals surface area contributed by atoms with Gasteiger partial charge < -0.3 is 11.1 Å². The molecule has 1 amide bonds. The van der Waals surface area contributed by atoms with Gasteiger partial charge in [-0.3, -0.25) is 4.79 Å². The van der Waals surface area contributed by atoms with Crippen molar-refractivity contribution in [2.45, 2.75) is 39.2 Å². The van der Waals surface area contributed by atoms with Crippen LogP contribution in [-0.4, -0.2) is 11.4 Å². The van der Waals surface area contributed by atoms with Gasteiger partial charge in [0.2, 0.25) is 5.91 Å². The Morgan fingerprint density at radius 2 is 2.00 bits per heavy atom. The molecule has 0 saturated carbocycles. The minimum absolute atomic E-state index is 0.267. The molecule has 0 atom stereocenters. The van der Waals surface area contributed by atoms with E-state index >= 15 is 0 Å². The molecule has 1 rings (SSSR count). The van der Waals surface area contributed by atoms with Gasteiger partial charge in [-0.05, 0) is 37.5 Å². The number of hydrogen-bond acceptors (Lipinski definition) is 2. The number of benzene rings is 1. The van der Waals surface area contributed by atoms with E-state index in [4.69, 9.17) is 5.73 Å². The summed E-state index contributed by atoms with van der Waals surface area (Å²) in [4.78, 5) is 12.0. The maximum Gasteiger partial charge on any atom is 0.244 e. The maximum absolute atomic E-state index is 13.1. The van der Waals surface area contributed by atoms with Gasteiger partial charge in [0.15, 0.2) is 0 Å². The molecule has 1 aromatic rings. The largest absolute Gasteiger partial charge is 0.324 e. The van der Waals surface area contributed by atoms with Crippen molar-refractivity contribution >= 4 is 11.6 Å². The van der Waals surface area contributed by atoms with Gasteiger partial charge in [0.25, 0.3) is 0 Å². The van der Waals surface area contributed by atoms with Gasteiger partial charge in [0, 0.05) is 5.69 Å². The lowest BCUT2D eigenvalue weighted by atomic mass is 9.93. The molecule has 0 heterocycles. The molecule has 0 bridgehead atoms. The second kappa shape index (κ2) is 5.27. The molecule has 0 radical (unpaired) electrons. The molecule has 3 nitrogen and oxygen atoms in total. The number of anilines is 1. The lowest BCUT2D eigenvalue weighted by molar-refractivity contribution is -0.121. The van der Waals surface area contributed by atoms with Crippen molar-refractivity contribution < 1.29 is 9.18 Å². The van der Waals surface area contributed by atoms with Gasteiger partial charge in [-0.1, -0.05) is 19.9 Å². The predicted molar refractivity (Wildman–Crippen MR) is 67.3 cm³/mol. The van der Waals surface area contributed by atoms with Crippen molar-refractivity contribution in [3.63, 3.8) is 0 Å². The second-order valence-electron chi connectivity index (χ2n) is 4.28. The molecular formula is C13H19FN2O. The van der Waals surface area contributed by atoms with Gasteiger partial charge in [-0.2, -0.15) is 0 Å². The third-order valence-corrected chi connectivity index (χ3v) is 3.16. The maximum atomic E-state index is 13.1. The number of nitrogens with one attached hydrogen (secondary N) is 1. The molecule has 94 valence electrons. The number of aryl methyl sites for hydroxylation is 1. The van der Waals surface area contributed by atoms with Gasteiger partial charge in [-0.15, -0.1) is 0 Å². The lowest BCUT2D eigenvalue weighted by Crippen LogP contribution is -2.50.